The van der Waals surface area contributed by atoms with E-state index in [2.05, 4.69) is 11.7 Å². The molecular weight excluding hydrogens is 284 g/mol. The number of hydrogen-bond acceptors (Lipinski definition) is 5. The monoisotopic (exact) mass is 314 g/mol. The second-order valence-corrected chi connectivity index (χ2v) is 5.46. The first-order valence-electron chi connectivity index (χ1n) is 8.33. The van der Waals surface area contributed by atoms with Crippen LogP contribution in [0, 0.1) is 0 Å². The fraction of sp³-hybridized carbons (Fsp3) is 0.765. The second kappa shape index (κ2) is 14.7. The van der Waals surface area contributed by atoms with E-state index in [0.29, 0.717) is 0 Å². The lowest BCUT2D eigenvalue weighted by atomic mass is 10.1. The van der Waals surface area contributed by atoms with Crippen LogP contribution in [0.25, 0.3) is 0 Å². The number of unbranched alkanes of at least 4 members (excludes halogenated alkanes) is 9. The van der Waals surface area contributed by atoms with Crippen LogP contribution in [0.1, 0.15) is 71.1 Å². The molecule has 0 aliphatic carbocycles. The molecule has 0 amide bonds. The first-order valence-corrected chi connectivity index (χ1v) is 8.33. The standard InChI is InChI=1S/C17H30O5/c1-2-3-4-5-6-7-8-9-10-11-12-13-16(20)22-17(21)15(19)14-18/h12-13,15,18-19H,2-11,14H2,1H3. The Morgan fingerprint density at radius 3 is 2.09 bits per heavy atom. The smallest absolute Gasteiger partial charge is 0.345 e. The van der Waals surface area contributed by atoms with Gasteiger partial charge < -0.3 is 14.9 Å². The van der Waals surface area contributed by atoms with Gasteiger partial charge in [0, 0.05) is 6.08 Å². The summed E-state index contributed by atoms with van der Waals surface area (Å²) in [6.07, 6.45) is 13.2. The number of carbonyl (C=O) groups is 2. The van der Waals surface area contributed by atoms with Gasteiger partial charge in [-0.2, -0.15) is 0 Å². The summed E-state index contributed by atoms with van der Waals surface area (Å²) in [6, 6.07) is 0. The quantitative estimate of drug-likeness (QED) is 0.236. The van der Waals surface area contributed by atoms with Crippen LogP contribution >= 0.6 is 0 Å². The molecule has 0 spiro atoms. The number of hydrogen-bond donors (Lipinski definition) is 2. The van der Waals surface area contributed by atoms with Gasteiger partial charge in [0.05, 0.1) is 6.61 Å². The molecule has 0 rings (SSSR count). The summed E-state index contributed by atoms with van der Waals surface area (Å²) in [5.41, 5.74) is 0. The molecule has 0 bridgehead atoms. The van der Waals surface area contributed by atoms with Crippen LogP contribution < -0.4 is 0 Å². The predicted octanol–water partition coefficient (Wildman–Crippen LogP) is 2.89. The van der Waals surface area contributed by atoms with Gasteiger partial charge in [-0.1, -0.05) is 64.4 Å². The van der Waals surface area contributed by atoms with Gasteiger partial charge in [0.15, 0.2) is 6.10 Å². The van der Waals surface area contributed by atoms with Crippen LogP contribution in [0.3, 0.4) is 0 Å². The van der Waals surface area contributed by atoms with Crippen LogP contribution in [0.5, 0.6) is 0 Å². The molecule has 0 aromatic heterocycles. The summed E-state index contributed by atoms with van der Waals surface area (Å²) in [6.45, 7) is 1.46. The molecule has 128 valence electrons. The van der Waals surface area contributed by atoms with E-state index in [9.17, 15) is 9.59 Å². The predicted molar refractivity (Wildman–Crippen MR) is 85.2 cm³/mol. The van der Waals surface area contributed by atoms with Gasteiger partial charge in [-0.15, -0.1) is 0 Å². The zero-order chi connectivity index (χ0) is 16.6. The number of rotatable bonds is 13. The maximum absolute atomic E-state index is 11.2. The van der Waals surface area contributed by atoms with Gasteiger partial charge in [-0.05, 0) is 12.8 Å². The third-order valence-electron chi connectivity index (χ3n) is 3.37. The Kier molecular flexibility index (Phi) is 13.9. The minimum absolute atomic E-state index is 0.756. The summed E-state index contributed by atoms with van der Waals surface area (Å²) in [5, 5.41) is 17.4. The van der Waals surface area contributed by atoms with E-state index in [-0.39, 0.29) is 0 Å². The Morgan fingerprint density at radius 2 is 1.55 bits per heavy atom. The van der Waals surface area contributed by atoms with Gasteiger partial charge >= 0.3 is 11.9 Å². The molecule has 22 heavy (non-hydrogen) atoms. The minimum Gasteiger partial charge on any atom is -0.393 e. The number of ether oxygens (including phenoxy) is 1. The molecule has 0 saturated heterocycles. The van der Waals surface area contributed by atoms with Crippen molar-refractivity contribution >= 4 is 11.9 Å². The topological polar surface area (TPSA) is 83.8 Å². The van der Waals surface area contributed by atoms with Gasteiger partial charge in [-0.3, -0.25) is 0 Å². The average Bonchev–Trinajstić information content (AvgIpc) is 2.51. The van der Waals surface area contributed by atoms with Crippen LogP contribution in [-0.2, 0) is 14.3 Å². The first-order chi connectivity index (χ1) is 10.6. The van der Waals surface area contributed by atoms with E-state index in [1.165, 1.54) is 51.0 Å². The van der Waals surface area contributed by atoms with Crippen molar-refractivity contribution in [3.8, 4) is 0 Å². The van der Waals surface area contributed by atoms with Gasteiger partial charge in [0.2, 0.25) is 0 Å². The summed E-state index contributed by atoms with van der Waals surface area (Å²) in [4.78, 5) is 22.2. The fourth-order valence-electron chi connectivity index (χ4n) is 2.03. The molecule has 0 aliphatic heterocycles. The molecule has 0 aromatic rings. The van der Waals surface area contributed by atoms with Crippen LogP contribution in [0.2, 0.25) is 0 Å². The molecule has 0 aliphatic rings. The van der Waals surface area contributed by atoms with E-state index < -0.39 is 24.6 Å². The third kappa shape index (κ3) is 12.5. The molecular formula is C17H30O5. The van der Waals surface area contributed by atoms with Crippen molar-refractivity contribution in [2.45, 2.75) is 77.2 Å². The van der Waals surface area contributed by atoms with Crippen molar-refractivity contribution < 1.29 is 24.5 Å². The third-order valence-corrected chi connectivity index (χ3v) is 3.37. The molecule has 1 unspecified atom stereocenters. The lowest BCUT2D eigenvalue weighted by Crippen LogP contribution is -2.28. The Balaban J connectivity index is 3.47. The van der Waals surface area contributed by atoms with Crippen molar-refractivity contribution in [2.24, 2.45) is 0 Å². The van der Waals surface area contributed by atoms with E-state index in [1.54, 1.807) is 6.08 Å². The molecule has 2 N–H and O–H groups in total. The van der Waals surface area contributed by atoms with Crippen LogP contribution in [-0.4, -0.2) is 34.9 Å². The van der Waals surface area contributed by atoms with E-state index in [4.69, 9.17) is 10.2 Å². The van der Waals surface area contributed by atoms with Crippen molar-refractivity contribution in [1.82, 2.24) is 0 Å². The summed E-state index contributed by atoms with van der Waals surface area (Å²) in [7, 11) is 0. The maximum atomic E-state index is 11.2. The number of carbonyl (C=O) groups excluding carboxylic acids is 2. The Bertz CT molecular complexity index is 325. The highest BCUT2D eigenvalue weighted by Crippen LogP contribution is 2.10. The van der Waals surface area contributed by atoms with E-state index >= 15 is 0 Å². The van der Waals surface area contributed by atoms with Gasteiger partial charge in [0.25, 0.3) is 0 Å². The number of aliphatic hydroxyl groups excluding tert-OH is 2. The molecule has 0 heterocycles. The summed E-state index contributed by atoms with van der Waals surface area (Å²) in [5.74, 6) is -1.94. The summed E-state index contributed by atoms with van der Waals surface area (Å²) < 4.78 is 4.32. The highest BCUT2D eigenvalue weighted by Gasteiger charge is 2.17. The lowest BCUT2D eigenvalue weighted by Gasteiger charge is -2.04. The molecule has 0 saturated carbocycles. The molecule has 5 nitrogen and oxygen atoms in total. The number of aliphatic hydroxyl groups is 2. The zero-order valence-electron chi connectivity index (χ0n) is 13.6. The molecule has 5 heteroatoms. The van der Waals surface area contributed by atoms with Crippen LogP contribution in [0.15, 0.2) is 12.2 Å². The Hall–Kier alpha value is -1.20. The van der Waals surface area contributed by atoms with Crippen molar-refractivity contribution in [3.63, 3.8) is 0 Å². The molecule has 0 fully saturated rings. The number of esters is 2. The normalized spacial score (nSPS) is 12.5. The van der Waals surface area contributed by atoms with E-state index in [0.717, 1.165) is 19.3 Å². The Morgan fingerprint density at radius 1 is 1.00 bits per heavy atom. The minimum atomic E-state index is -1.66. The SMILES string of the molecule is CCCCCCCCCCCC=CC(=O)OC(=O)C(O)CO. The maximum Gasteiger partial charge on any atom is 0.345 e. The van der Waals surface area contributed by atoms with Gasteiger partial charge in [-0.25, -0.2) is 9.59 Å². The largest absolute Gasteiger partial charge is 0.393 e. The highest BCUT2D eigenvalue weighted by atomic mass is 16.6. The second-order valence-electron chi connectivity index (χ2n) is 5.46. The first kappa shape index (κ1) is 20.8. The molecule has 1 atom stereocenters. The van der Waals surface area contributed by atoms with Gasteiger partial charge in [0.1, 0.15) is 0 Å². The highest BCUT2D eigenvalue weighted by molar-refractivity contribution is 5.93. The van der Waals surface area contributed by atoms with Crippen molar-refractivity contribution in [3.05, 3.63) is 12.2 Å². The Labute approximate surface area is 133 Å². The molecule has 0 aromatic carbocycles. The average molecular weight is 314 g/mol. The van der Waals surface area contributed by atoms with Crippen molar-refractivity contribution in [2.75, 3.05) is 6.61 Å². The number of allylic oxidation sites excluding steroid dienone is 1. The lowest BCUT2D eigenvalue weighted by molar-refractivity contribution is -0.164. The van der Waals surface area contributed by atoms with Crippen molar-refractivity contribution in [1.29, 1.82) is 0 Å². The zero-order valence-corrected chi connectivity index (χ0v) is 13.6. The summed E-state index contributed by atoms with van der Waals surface area (Å²) >= 11 is 0. The van der Waals surface area contributed by atoms with Crippen LogP contribution in [0.4, 0.5) is 0 Å². The molecule has 0 radical (unpaired) electrons. The van der Waals surface area contributed by atoms with E-state index in [1.807, 2.05) is 0 Å². The fourth-order valence-corrected chi connectivity index (χ4v) is 2.03.